The number of carboxylic acids is 1. The highest BCUT2D eigenvalue weighted by Crippen LogP contribution is 2.60. The molecule has 2 aliphatic carbocycles. The maximum Gasteiger partial charge on any atom is 0.315 e. The molecule has 1 unspecified atom stereocenters. The molecule has 3 N–H and O–H groups in total. The molecule has 108 valence electrons. The summed E-state index contributed by atoms with van der Waals surface area (Å²) < 4.78 is 0. The summed E-state index contributed by atoms with van der Waals surface area (Å²) in [6.07, 6.45) is 6.63. The smallest absolute Gasteiger partial charge is 0.315 e. The number of hydrogen-bond acceptors (Lipinski definition) is 2. The molecule has 0 bridgehead atoms. The van der Waals surface area contributed by atoms with Crippen LogP contribution in [0.15, 0.2) is 0 Å². The molecule has 2 saturated carbocycles. The van der Waals surface area contributed by atoms with Gasteiger partial charge in [0.2, 0.25) is 0 Å². The second-order valence-electron chi connectivity index (χ2n) is 6.05. The van der Waals surface area contributed by atoms with Crippen LogP contribution in [0.4, 0.5) is 4.79 Å². The molecule has 2 rings (SSSR count). The van der Waals surface area contributed by atoms with Crippen molar-refractivity contribution < 1.29 is 14.7 Å². The van der Waals surface area contributed by atoms with E-state index in [0.29, 0.717) is 11.8 Å². The van der Waals surface area contributed by atoms with Crippen LogP contribution in [0.25, 0.3) is 0 Å². The summed E-state index contributed by atoms with van der Waals surface area (Å²) in [5.74, 6) is -0.0475. The minimum atomic E-state index is -0.865. The Hall–Kier alpha value is -1.26. The number of urea groups is 1. The Balaban J connectivity index is 1.71. The molecule has 0 heterocycles. The predicted octanol–water partition coefficient (Wildman–Crippen LogP) is 2.12. The van der Waals surface area contributed by atoms with Crippen molar-refractivity contribution in [1.29, 1.82) is 0 Å². The van der Waals surface area contributed by atoms with Crippen molar-refractivity contribution >= 4 is 12.0 Å². The second kappa shape index (κ2) is 5.80. The normalized spacial score (nSPS) is 21.5. The first kappa shape index (κ1) is 14.2. The summed E-state index contributed by atoms with van der Waals surface area (Å²) in [4.78, 5) is 22.5. The van der Waals surface area contributed by atoms with Crippen LogP contribution in [0.2, 0.25) is 0 Å². The molecule has 19 heavy (non-hydrogen) atoms. The zero-order valence-corrected chi connectivity index (χ0v) is 11.6. The van der Waals surface area contributed by atoms with Gasteiger partial charge in [-0.05, 0) is 43.4 Å². The molecule has 0 radical (unpaired) electrons. The summed E-state index contributed by atoms with van der Waals surface area (Å²) in [6, 6.07) is -0.481. The number of nitrogens with one attached hydrogen (secondary N) is 2. The highest BCUT2D eigenvalue weighted by molar-refractivity contribution is 5.75. The van der Waals surface area contributed by atoms with Crippen LogP contribution in [0.1, 0.15) is 51.9 Å². The van der Waals surface area contributed by atoms with E-state index in [1.807, 2.05) is 6.92 Å². The lowest BCUT2D eigenvalue weighted by Crippen LogP contribution is -2.45. The lowest BCUT2D eigenvalue weighted by Gasteiger charge is -2.19. The van der Waals surface area contributed by atoms with E-state index in [2.05, 4.69) is 10.6 Å². The molecule has 1 atom stereocenters. The number of carboxylic acid groups (broad SMARTS) is 1. The van der Waals surface area contributed by atoms with Crippen molar-refractivity contribution in [2.75, 3.05) is 6.54 Å². The van der Waals surface area contributed by atoms with Crippen LogP contribution < -0.4 is 10.6 Å². The Morgan fingerprint density at radius 1 is 1.37 bits per heavy atom. The fourth-order valence-electron chi connectivity index (χ4n) is 2.86. The van der Waals surface area contributed by atoms with Crippen LogP contribution in [0.3, 0.4) is 0 Å². The third kappa shape index (κ3) is 4.11. The Bertz CT molecular complexity index is 349. The van der Waals surface area contributed by atoms with Crippen LogP contribution in [-0.4, -0.2) is 29.7 Å². The zero-order valence-electron chi connectivity index (χ0n) is 11.6. The number of carbonyl (C=O) groups excluding carboxylic acids is 1. The zero-order chi connectivity index (χ0) is 13.9. The fourth-order valence-corrected chi connectivity index (χ4v) is 2.86. The Morgan fingerprint density at radius 3 is 2.53 bits per heavy atom. The molecule has 0 saturated heterocycles. The Labute approximate surface area is 114 Å². The molecular weight excluding hydrogens is 244 g/mol. The van der Waals surface area contributed by atoms with Crippen LogP contribution in [0.5, 0.6) is 0 Å². The first-order valence-corrected chi connectivity index (χ1v) is 7.32. The van der Waals surface area contributed by atoms with Gasteiger partial charge < -0.3 is 15.7 Å². The van der Waals surface area contributed by atoms with E-state index in [-0.39, 0.29) is 18.5 Å². The maximum absolute atomic E-state index is 11.8. The summed E-state index contributed by atoms with van der Waals surface area (Å²) in [7, 11) is 0. The van der Waals surface area contributed by atoms with Gasteiger partial charge in [-0.3, -0.25) is 4.79 Å². The van der Waals surface area contributed by atoms with Gasteiger partial charge in [0.25, 0.3) is 0 Å². The Morgan fingerprint density at radius 2 is 2.05 bits per heavy atom. The first-order chi connectivity index (χ1) is 9.05. The Kier molecular flexibility index (Phi) is 4.32. The van der Waals surface area contributed by atoms with Crippen LogP contribution in [-0.2, 0) is 4.79 Å². The number of aliphatic carboxylic acids is 1. The topological polar surface area (TPSA) is 78.4 Å². The van der Waals surface area contributed by atoms with E-state index >= 15 is 0 Å². The van der Waals surface area contributed by atoms with Crippen LogP contribution >= 0.6 is 0 Å². The van der Waals surface area contributed by atoms with Gasteiger partial charge >= 0.3 is 12.0 Å². The predicted molar refractivity (Wildman–Crippen MR) is 71.9 cm³/mol. The van der Waals surface area contributed by atoms with Gasteiger partial charge in [-0.15, -0.1) is 0 Å². The van der Waals surface area contributed by atoms with Gasteiger partial charge in [-0.2, -0.15) is 0 Å². The quantitative estimate of drug-likeness (QED) is 0.631. The lowest BCUT2D eigenvalue weighted by molar-refractivity contribution is -0.137. The molecule has 0 spiro atoms. The summed E-state index contributed by atoms with van der Waals surface area (Å²) in [5, 5.41) is 14.5. The van der Waals surface area contributed by atoms with Crippen molar-refractivity contribution in [2.24, 2.45) is 11.3 Å². The molecule has 5 heteroatoms. The minimum absolute atomic E-state index is 0.00493. The molecule has 2 fully saturated rings. The molecule has 0 aliphatic heterocycles. The first-order valence-electron chi connectivity index (χ1n) is 7.32. The van der Waals surface area contributed by atoms with E-state index < -0.39 is 5.97 Å². The number of hydrogen-bond donors (Lipinski definition) is 3. The van der Waals surface area contributed by atoms with Gasteiger partial charge in [0.1, 0.15) is 0 Å². The maximum atomic E-state index is 11.8. The third-order valence-electron chi connectivity index (χ3n) is 4.33. The van der Waals surface area contributed by atoms with Gasteiger partial charge in [0.15, 0.2) is 0 Å². The minimum Gasteiger partial charge on any atom is -0.481 e. The van der Waals surface area contributed by atoms with Crippen molar-refractivity contribution in [3.8, 4) is 0 Å². The second-order valence-corrected chi connectivity index (χ2v) is 6.05. The van der Waals surface area contributed by atoms with Crippen molar-refractivity contribution in [3.05, 3.63) is 0 Å². The fraction of sp³-hybridized carbons (Fsp3) is 0.857. The van der Waals surface area contributed by atoms with Crippen molar-refractivity contribution in [2.45, 2.75) is 57.9 Å². The standard InChI is InChI=1S/C14H24N2O3/c1-2-3-11(8-12(17)18)16-13(19)15-9-14(6-7-14)10-4-5-10/h10-11H,2-9H2,1H3,(H,17,18)(H2,15,16,19). The van der Waals surface area contributed by atoms with Crippen molar-refractivity contribution in [1.82, 2.24) is 10.6 Å². The average Bonchev–Trinajstić information content (AvgIpc) is 3.18. The highest BCUT2D eigenvalue weighted by Gasteiger charge is 2.53. The SMILES string of the molecule is CCCC(CC(=O)O)NC(=O)NCC1(C2CC2)CC1. The van der Waals surface area contributed by atoms with E-state index in [1.54, 1.807) is 0 Å². The summed E-state index contributed by atoms with van der Waals surface area (Å²) in [6.45, 7) is 2.73. The van der Waals surface area contributed by atoms with Crippen LogP contribution in [0, 0.1) is 11.3 Å². The van der Waals surface area contributed by atoms with Gasteiger partial charge in [0, 0.05) is 12.6 Å². The average molecular weight is 268 g/mol. The number of rotatable bonds is 8. The molecule has 0 aromatic rings. The number of amides is 2. The van der Waals surface area contributed by atoms with E-state index in [9.17, 15) is 9.59 Å². The third-order valence-corrected chi connectivity index (χ3v) is 4.33. The van der Waals surface area contributed by atoms with E-state index in [4.69, 9.17) is 5.11 Å². The largest absolute Gasteiger partial charge is 0.481 e. The van der Waals surface area contributed by atoms with Gasteiger partial charge in [-0.25, -0.2) is 4.79 Å². The monoisotopic (exact) mass is 268 g/mol. The van der Waals surface area contributed by atoms with E-state index in [0.717, 1.165) is 18.9 Å². The lowest BCUT2D eigenvalue weighted by atomic mass is 10.0. The van der Waals surface area contributed by atoms with E-state index in [1.165, 1.54) is 25.7 Å². The van der Waals surface area contributed by atoms with Gasteiger partial charge in [-0.1, -0.05) is 13.3 Å². The molecule has 2 aliphatic rings. The summed E-state index contributed by atoms with van der Waals surface area (Å²) >= 11 is 0. The summed E-state index contributed by atoms with van der Waals surface area (Å²) in [5.41, 5.74) is 0.379. The van der Waals surface area contributed by atoms with Gasteiger partial charge in [0.05, 0.1) is 6.42 Å². The number of carbonyl (C=O) groups is 2. The van der Waals surface area contributed by atoms with Crippen molar-refractivity contribution in [3.63, 3.8) is 0 Å². The highest BCUT2D eigenvalue weighted by atomic mass is 16.4. The molecule has 0 aromatic heterocycles. The molecule has 2 amide bonds. The molecule has 0 aromatic carbocycles. The molecular formula is C14H24N2O3. The molecule has 5 nitrogen and oxygen atoms in total.